The second kappa shape index (κ2) is 9.30. The Hall–Kier alpha value is -1.23. The molecule has 0 aliphatic rings. The molecule has 0 saturated carbocycles. The van der Waals surface area contributed by atoms with Gasteiger partial charge >= 0.3 is 0 Å². The van der Waals surface area contributed by atoms with Gasteiger partial charge in [-0.25, -0.2) is 0 Å². The molecule has 0 aliphatic carbocycles. The molecule has 2 aromatic carbocycles. The topological polar surface area (TPSA) is 30.5 Å². The van der Waals surface area contributed by atoms with Crippen molar-refractivity contribution in [3.63, 3.8) is 0 Å². The van der Waals surface area contributed by atoms with E-state index in [1.54, 1.807) is 7.11 Å². The number of methoxy groups -OCH3 is 1. The van der Waals surface area contributed by atoms with Crippen LogP contribution in [0.4, 0.5) is 0 Å². The van der Waals surface area contributed by atoms with Gasteiger partial charge < -0.3 is 14.8 Å². The van der Waals surface area contributed by atoms with Crippen LogP contribution in [-0.4, -0.2) is 13.2 Å². The Kier molecular flexibility index (Phi) is 7.40. The van der Waals surface area contributed by atoms with Gasteiger partial charge in [-0.2, -0.15) is 0 Å². The molecular weight excluding hydrogens is 390 g/mol. The van der Waals surface area contributed by atoms with Crippen LogP contribution in [0.2, 0.25) is 5.02 Å². The van der Waals surface area contributed by atoms with Gasteiger partial charge in [0.05, 0.1) is 11.6 Å². The van der Waals surface area contributed by atoms with Gasteiger partial charge in [-0.15, -0.1) is 0 Å². The van der Waals surface area contributed by atoms with Crippen LogP contribution in [0.5, 0.6) is 11.5 Å². The van der Waals surface area contributed by atoms with E-state index in [-0.39, 0.29) is 0 Å². The summed E-state index contributed by atoms with van der Waals surface area (Å²) in [4.78, 5) is 0. The number of hydrogen-bond acceptors (Lipinski definition) is 3. The molecule has 1 atom stereocenters. The summed E-state index contributed by atoms with van der Waals surface area (Å²) in [5, 5.41) is 4.20. The van der Waals surface area contributed by atoms with E-state index in [9.17, 15) is 0 Å². The molecule has 5 heteroatoms. The van der Waals surface area contributed by atoms with Crippen molar-refractivity contribution in [1.82, 2.24) is 5.32 Å². The zero-order valence-corrected chi connectivity index (χ0v) is 16.6. The summed E-state index contributed by atoms with van der Waals surface area (Å²) in [5.74, 6) is 1.43. The third kappa shape index (κ3) is 5.40. The monoisotopic (exact) mass is 411 g/mol. The third-order valence-electron chi connectivity index (χ3n) is 3.85. The molecular formula is C19H23BrClNO2. The first-order chi connectivity index (χ1) is 11.5. The SMILES string of the molecule is CC[C@@H](C)NCc1cc(Br)c(OCc2ccc(Cl)cc2)c(OC)c1. The Morgan fingerprint density at radius 1 is 1.17 bits per heavy atom. The quantitative estimate of drug-likeness (QED) is 0.614. The maximum Gasteiger partial charge on any atom is 0.175 e. The standard InChI is InChI=1S/C19H23BrClNO2/c1-4-13(2)22-11-15-9-17(20)19(18(10-15)23-3)24-12-14-5-7-16(21)8-6-14/h5-10,13,22H,4,11-12H2,1-3H3/t13-/m1/s1. The predicted octanol–water partition coefficient (Wildman–Crippen LogP) is 5.58. The molecule has 0 unspecified atom stereocenters. The fourth-order valence-electron chi connectivity index (χ4n) is 2.19. The molecule has 2 aromatic rings. The van der Waals surface area contributed by atoms with Gasteiger partial charge in [0.15, 0.2) is 11.5 Å². The summed E-state index contributed by atoms with van der Waals surface area (Å²) in [6.45, 7) is 5.59. The summed E-state index contributed by atoms with van der Waals surface area (Å²) in [6, 6.07) is 12.2. The molecule has 0 radical (unpaired) electrons. The maximum absolute atomic E-state index is 5.95. The molecule has 0 amide bonds. The van der Waals surface area contributed by atoms with Crippen molar-refractivity contribution in [2.75, 3.05) is 7.11 Å². The van der Waals surface area contributed by atoms with Crippen LogP contribution >= 0.6 is 27.5 Å². The van der Waals surface area contributed by atoms with Crippen LogP contribution in [0.25, 0.3) is 0 Å². The molecule has 0 aliphatic heterocycles. The van der Waals surface area contributed by atoms with Crippen LogP contribution in [0, 0.1) is 0 Å². The fraction of sp³-hybridized carbons (Fsp3) is 0.368. The van der Waals surface area contributed by atoms with Crippen LogP contribution in [-0.2, 0) is 13.2 Å². The lowest BCUT2D eigenvalue weighted by Gasteiger charge is -2.16. The van der Waals surface area contributed by atoms with Gasteiger partial charge in [-0.3, -0.25) is 0 Å². The number of halogens is 2. The van der Waals surface area contributed by atoms with E-state index in [0.717, 1.165) is 39.3 Å². The minimum Gasteiger partial charge on any atom is -0.493 e. The highest BCUT2D eigenvalue weighted by Gasteiger charge is 2.12. The number of hydrogen-bond donors (Lipinski definition) is 1. The molecule has 130 valence electrons. The van der Waals surface area contributed by atoms with E-state index < -0.39 is 0 Å². The largest absolute Gasteiger partial charge is 0.493 e. The van der Waals surface area contributed by atoms with Crippen LogP contribution in [0.3, 0.4) is 0 Å². The van der Waals surface area contributed by atoms with Crippen LogP contribution in [0.15, 0.2) is 40.9 Å². The highest BCUT2D eigenvalue weighted by atomic mass is 79.9. The fourth-order valence-corrected chi connectivity index (χ4v) is 2.92. The van der Waals surface area contributed by atoms with Crippen molar-refractivity contribution < 1.29 is 9.47 Å². The zero-order valence-electron chi connectivity index (χ0n) is 14.2. The Bertz CT molecular complexity index is 661. The van der Waals surface area contributed by atoms with Crippen molar-refractivity contribution in [3.8, 4) is 11.5 Å². The molecule has 0 aromatic heterocycles. The van der Waals surface area contributed by atoms with E-state index in [1.165, 1.54) is 0 Å². The zero-order chi connectivity index (χ0) is 17.5. The highest BCUT2D eigenvalue weighted by Crippen LogP contribution is 2.37. The van der Waals surface area contributed by atoms with Crippen molar-refractivity contribution in [2.24, 2.45) is 0 Å². The molecule has 0 fully saturated rings. The van der Waals surface area contributed by atoms with E-state index in [2.05, 4.69) is 41.2 Å². The summed E-state index contributed by atoms with van der Waals surface area (Å²) >= 11 is 9.50. The molecule has 0 saturated heterocycles. The first-order valence-electron chi connectivity index (χ1n) is 8.00. The number of ether oxygens (including phenoxy) is 2. The minimum absolute atomic E-state index is 0.455. The summed E-state index contributed by atoms with van der Waals surface area (Å²) in [7, 11) is 1.66. The van der Waals surface area contributed by atoms with Gasteiger partial charge in [0, 0.05) is 17.6 Å². The van der Waals surface area contributed by atoms with Gasteiger partial charge in [-0.05, 0) is 64.7 Å². The summed E-state index contributed by atoms with van der Waals surface area (Å²) < 4.78 is 12.3. The number of benzene rings is 2. The summed E-state index contributed by atoms with van der Waals surface area (Å²) in [5.41, 5.74) is 2.20. The lowest BCUT2D eigenvalue weighted by atomic mass is 10.1. The van der Waals surface area contributed by atoms with Crippen molar-refractivity contribution in [1.29, 1.82) is 0 Å². The lowest BCUT2D eigenvalue weighted by molar-refractivity contribution is 0.282. The molecule has 0 spiro atoms. The number of nitrogens with one attached hydrogen (secondary N) is 1. The van der Waals surface area contributed by atoms with Crippen molar-refractivity contribution in [3.05, 3.63) is 57.0 Å². The Morgan fingerprint density at radius 2 is 1.88 bits per heavy atom. The van der Waals surface area contributed by atoms with Crippen molar-refractivity contribution in [2.45, 2.75) is 39.5 Å². The molecule has 0 heterocycles. The Balaban J connectivity index is 2.10. The second-order valence-corrected chi connectivity index (χ2v) is 7.01. The summed E-state index contributed by atoms with van der Waals surface area (Å²) in [6.07, 6.45) is 1.10. The smallest absolute Gasteiger partial charge is 0.175 e. The second-order valence-electron chi connectivity index (χ2n) is 5.71. The molecule has 2 rings (SSSR count). The highest BCUT2D eigenvalue weighted by molar-refractivity contribution is 9.10. The molecule has 3 nitrogen and oxygen atoms in total. The first kappa shape index (κ1) is 19.1. The maximum atomic E-state index is 5.95. The molecule has 24 heavy (non-hydrogen) atoms. The van der Waals surface area contributed by atoms with Crippen molar-refractivity contribution >= 4 is 27.5 Å². The molecule has 0 bridgehead atoms. The van der Waals surface area contributed by atoms with Gasteiger partial charge in [0.1, 0.15) is 6.61 Å². The van der Waals surface area contributed by atoms with Crippen LogP contribution in [0.1, 0.15) is 31.4 Å². The normalized spacial score (nSPS) is 12.0. The first-order valence-corrected chi connectivity index (χ1v) is 9.17. The van der Waals surface area contributed by atoms with E-state index in [1.807, 2.05) is 30.3 Å². The minimum atomic E-state index is 0.455. The number of rotatable bonds is 8. The van der Waals surface area contributed by atoms with Gasteiger partial charge in [0.2, 0.25) is 0 Å². The molecule has 1 N–H and O–H groups in total. The third-order valence-corrected chi connectivity index (χ3v) is 4.69. The lowest BCUT2D eigenvalue weighted by Crippen LogP contribution is -2.24. The van der Waals surface area contributed by atoms with Gasteiger partial charge in [-0.1, -0.05) is 30.7 Å². The Labute approximate surface area is 157 Å². The average molecular weight is 413 g/mol. The predicted molar refractivity (Wildman–Crippen MR) is 103 cm³/mol. The van der Waals surface area contributed by atoms with E-state index in [4.69, 9.17) is 21.1 Å². The van der Waals surface area contributed by atoms with Gasteiger partial charge in [0.25, 0.3) is 0 Å². The van der Waals surface area contributed by atoms with E-state index in [0.29, 0.717) is 18.4 Å². The van der Waals surface area contributed by atoms with Crippen LogP contribution < -0.4 is 14.8 Å². The average Bonchev–Trinajstić information content (AvgIpc) is 2.59. The van der Waals surface area contributed by atoms with E-state index >= 15 is 0 Å². The Morgan fingerprint density at radius 3 is 2.50 bits per heavy atom.